The van der Waals surface area contributed by atoms with Gasteiger partial charge in [0.1, 0.15) is 5.75 Å². The number of hydrogen-bond donors (Lipinski definition) is 1. The summed E-state index contributed by atoms with van der Waals surface area (Å²) in [5.41, 5.74) is 3.80. The second-order valence-corrected chi connectivity index (χ2v) is 6.90. The van der Waals surface area contributed by atoms with Crippen LogP contribution in [-0.4, -0.2) is 13.7 Å². The minimum Gasteiger partial charge on any atom is -0.493 e. The summed E-state index contributed by atoms with van der Waals surface area (Å²) in [5.74, 6) is 1.06. The van der Waals surface area contributed by atoms with Gasteiger partial charge in [-0.25, -0.2) is 0 Å². The van der Waals surface area contributed by atoms with E-state index in [4.69, 9.17) is 4.74 Å². The number of ether oxygens (including phenoxy) is 1. The zero-order valence-corrected chi connectivity index (χ0v) is 14.9. The van der Waals surface area contributed by atoms with Gasteiger partial charge in [0.15, 0.2) is 0 Å². The third kappa shape index (κ3) is 2.61. The molecule has 0 bridgehead atoms. The van der Waals surface area contributed by atoms with Crippen LogP contribution in [0.5, 0.6) is 5.75 Å². The van der Waals surface area contributed by atoms with Crippen molar-refractivity contribution in [3.8, 4) is 5.75 Å². The molecular weight excluding hydrogens is 429 g/mol. The van der Waals surface area contributed by atoms with Gasteiger partial charge in [-0.2, -0.15) is 0 Å². The maximum atomic E-state index is 5.85. The SMILES string of the molecule is CNC(c1cc(Br)ccc1I)c1cccc2c1OCC2. The molecule has 0 aromatic heterocycles. The van der Waals surface area contributed by atoms with Gasteiger partial charge in [0.25, 0.3) is 0 Å². The lowest BCUT2D eigenvalue weighted by atomic mass is 9.96. The first-order chi connectivity index (χ1) is 9.70. The fourth-order valence-corrected chi connectivity index (χ4v) is 3.71. The summed E-state index contributed by atoms with van der Waals surface area (Å²) in [6.45, 7) is 0.790. The van der Waals surface area contributed by atoms with Gasteiger partial charge < -0.3 is 10.1 Å². The van der Waals surface area contributed by atoms with Crippen molar-refractivity contribution in [2.75, 3.05) is 13.7 Å². The van der Waals surface area contributed by atoms with Crippen LogP contribution in [0.2, 0.25) is 0 Å². The molecule has 1 N–H and O–H groups in total. The Morgan fingerprint density at radius 2 is 2.10 bits per heavy atom. The van der Waals surface area contributed by atoms with Gasteiger partial charge in [-0.15, -0.1) is 0 Å². The van der Waals surface area contributed by atoms with Gasteiger partial charge in [-0.05, 0) is 59.0 Å². The van der Waals surface area contributed by atoms with Crippen LogP contribution in [-0.2, 0) is 6.42 Å². The Balaban J connectivity index is 2.11. The van der Waals surface area contributed by atoms with E-state index in [-0.39, 0.29) is 6.04 Å². The number of halogens is 2. The highest BCUT2D eigenvalue weighted by molar-refractivity contribution is 14.1. The van der Waals surface area contributed by atoms with Gasteiger partial charge >= 0.3 is 0 Å². The van der Waals surface area contributed by atoms with E-state index in [0.29, 0.717) is 0 Å². The average molecular weight is 444 g/mol. The molecule has 0 amide bonds. The van der Waals surface area contributed by atoms with Crippen molar-refractivity contribution in [2.45, 2.75) is 12.5 Å². The fourth-order valence-electron chi connectivity index (χ4n) is 2.68. The van der Waals surface area contributed by atoms with E-state index in [1.165, 1.54) is 20.3 Å². The second-order valence-electron chi connectivity index (χ2n) is 4.82. The molecule has 0 aliphatic carbocycles. The van der Waals surface area contributed by atoms with Crippen molar-refractivity contribution in [1.82, 2.24) is 5.32 Å². The summed E-state index contributed by atoms with van der Waals surface area (Å²) in [7, 11) is 2.00. The lowest BCUT2D eigenvalue weighted by molar-refractivity contribution is 0.351. The number of benzene rings is 2. The van der Waals surface area contributed by atoms with Gasteiger partial charge in [0.05, 0.1) is 12.6 Å². The molecule has 0 radical (unpaired) electrons. The first-order valence-electron chi connectivity index (χ1n) is 6.57. The second kappa shape index (κ2) is 6.03. The standard InChI is InChI=1S/C16H15BrINO/c1-19-15(13-9-11(17)5-6-14(13)18)12-4-2-3-10-7-8-20-16(10)12/h2-6,9,15,19H,7-8H2,1H3. The van der Waals surface area contributed by atoms with E-state index in [0.717, 1.165) is 23.2 Å². The Hall–Kier alpha value is -0.590. The molecule has 1 aliphatic rings. The largest absolute Gasteiger partial charge is 0.493 e. The predicted molar refractivity (Wildman–Crippen MR) is 93.4 cm³/mol. The maximum absolute atomic E-state index is 5.85. The number of hydrogen-bond acceptors (Lipinski definition) is 2. The molecule has 3 rings (SSSR count). The zero-order chi connectivity index (χ0) is 14.1. The van der Waals surface area contributed by atoms with Crippen molar-refractivity contribution in [3.05, 3.63) is 61.1 Å². The summed E-state index contributed by atoms with van der Waals surface area (Å²) in [5, 5.41) is 3.43. The first kappa shape index (κ1) is 14.4. The molecule has 1 atom stereocenters. The molecule has 2 aromatic rings. The summed E-state index contributed by atoms with van der Waals surface area (Å²) in [6, 6.07) is 13.0. The van der Waals surface area contributed by atoms with Gasteiger partial charge in [-0.1, -0.05) is 34.1 Å². The Morgan fingerprint density at radius 1 is 1.25 bits per heavy atom. The Bertz CT molecular complexity index is 644. The van der Waals surface area contributed by atoms with Crippen LogP contribution in [0.4, 0.5) is 0 Å². The highest BCUT2D eigenvalue weighted by Gasteiger charge is 2.23. The molecule has 1 aliphatic heterocycles. The van der Waals surface area contributed by atoms with E-state index in [9.17, 15) is 0 Å². The molecule has 0 saturated heterocycles. The lowest BCUT2D eigenvalue weighted by Gasteiger charge is -2.21. The van der Waals surface area contributed by atoms with E-state index in [2.05, 4.69) is 80.2 Å². The van der Waals surface area contributed by atoms with E-state index >= 15 is 0 Å². The Kier molecular flexibility index (Phi) is 4.33. The van der Waals surface area contributed by atoms with Crippen LogP contribution in [0.3, 0.4) is 0 Å². The van der Waals surface area contributed by atoms with Crippen LogP contribution < -0.4 is 10.1 Å². The zero-order valence-electron chi connectivity index (χ0n) is 11.1. The maximum Gasteiger partial charge on any atom is 0.127 e. The van der Waals surface area contributed by atoms with E-state index in [1.807, 2.05) is 7.05 Å². The van der Waals surface area contributed by atoms with Crippen molar-refractivity contribution >= 4 is 38.5 Å². The first-order valence-corrected chi connectivity index (χ1v) is 8.44. The average Bonchev–Trinajstić information content (AvgIpc) is 2.92. The van der Waals surface area contributed by atoms with Crippen LogP contribution in [0.25, 0.3) is 0 Å². The minimum absolute atomic E-state index is 0.146. The molecule has 0 fully saturated rings. The van der Waals surface area contributed by atoms with Gasteiger partial charge in [-0.3, -0.25) is 0 Å². The molecule has 4 heteroatoms. The third-order valence-electron chi connectivity index (χ3n) is 3.61. The normalized spacial score (nSPS) is 14.8. The number of fused-ring (bicyclic) bond motifs is 1. The quantitative estimate of drug-likeness (QED) is 0.714. The van der Waals surface area contributed by atoms with Crippen molar-refractivity contribution in [3.63, 3.8) is 0 Å². The van der Waals surface area contributed by atoms with Gasteiger partial charge in [0.2, 0.25) is 0 Å². The van der Waals surface area contributed by atoms with Crippen LogP contribution in [0.1, 0.15) is 22.7 Å². The lowest BCUT2D eigenvalue weighted by Crippen LogP contribution is -2.19. The smallest absolute Gasteiger partial charge is 0.127 e. The molecule has 2 nitrogen and oxygen atoms in total. The number of rotatable bonds is 3. The molecule has 104 valence electrons. The fraction of sp³-hybridized carbons (Fsp3) is 0.250. The molecule has 0 spiro atoms. The van der Waals surface area contributed by atoms with Crippen LogP contribution >= 0.6 is 38.5 Å². The van der Waals surface area contributed by atoms with E-state index < -0.39 is 0 Å². The van der Waals surface area contributed by atoms with Crippen LogP contribution in [0.15, 0.2) is 40.9 Å². The number of para-hydroxylation sites is 1. The molecule has 1 unspecified atom stereocenters. The third-order valence-corrected chi connectivity index (χ3v) is 5.09. The van der Waals surface area contributed by atoms with Crippen LogP contribution in [0, 0.1) is 3.57 Å². The summed E-state index contributed by atoms with van der Waals surface area (Å²) in [6.07, 6.45) is 1.01. The molecular formula is C16H15BrINO. The van der Waals surface area contributed by atoms with Crippen molar-refractivity contribution in [2.24, 2.45) is 0 Å². The van der Waals surface area contributed by atoms with Gasteiger partial charge in [0, 0.05) is 20.0 Å². The Morgan fingerprint density at radius 3 is 2.90 bits per heavy atom. The van der Waals surface area contributed by atoms with E-state index in [1.54, 1.807) is 0 Å². The molecule has 2 aromatic carbocycles. The highest BCUT2D eigenvalue weighted by Crippen LogP contribution is 2.37. The predicted octanol–water partition coefficient (Wildman–Crippen LogP) is 4.30. The Labute approximate surface area is 141 Å². The monoisotopic (exact) mass is 443 g/mol. The molecule has 1 heterocycles. The summed E-state index contributed by atoms with van der Waals surface area (Å²) >= 11 is 5.96. The van der Waals surface area contributed by atoms with Crippen molar-refractivity contribution in [1.29, 1.82) is 0 Å². The topological polar surface area (TPSA) is 21.3 Å². The number of nitrogens with one attached hydrogen (secondary N) is 1. The highest BCUT2D eigenvalue weighted by atomic mass is 127. The minimum atomic E-state index is 0.146. The summed E-state index contributed by atoms with van der Waals surface area (Å²) in [4.78, 5) is 0. The summed E-state index contributed by atoms with van der Waals surface area (Å²) < 4.78 is 8.20. The molecule has 0 saturated carbocycles. The molecule has 20 heavy (non-hydrogen) atoms. The van der Waals surface area contributed by atoms with Crippen molar-refractivity contribution < 1.29 is 4.74 Å².